The summed E-state index contributed by atoms with van der Waals surface area (Å²) in [4.78, 5) is 22.9. The number of carboxylic acids is 1. The number of carboxylic acid groups (broad SMARTS) is 1. The summed E-state index contributed by atoms with van der Waals surface area (Å²) in [7, 11) is 0. The summed E-state index contributed by atoms with van der Waals surface area (Å²) in [5.41, 5.74) is 0.802. The minimum absolute atomic E-state index is 0.0719. The van der Waals surface area contributed by atoms with Crippen molar-refractivity contribution in [2.75, 3.05) is 13.2 Å². The molecule has 0 spiro atoms. The van der Waals surface area contributed by atoms with Crippen molar-refractivity contribution < 1.29 is 23.8 Å². The van der Waals surface area contributed by atoms with E-state index in [-0.39, 0.29) is 18.8 Å². The van der Waals surface area contributed by atoms with Gasteiger partial charge in [0.15, 0.2) is 0 Å². The number of carbonyl (C=O) groups is 2. The highest BCUT2D eigenvalue weighted by atomic mass is 19.1. The zero-order chi connectivity index (χ0) is 14.0. The third-order valence-corrected chi connectivity index (χ3v) is 3.02. The highest BCUT2D eigenvalue weighted by Gasteiger charge is 2.35. The Morgan fingerprint density at radius 2 is 2.11 bits per heavy atom. The van der Waals surface area contributed by atoms with Gasteiger partial charge in [-0.25, -0.2) is 4.39 Å². The second-order valence-electron chi connectivity index (χ2n) is 4.58. The number of hydrogen-bond acceptors (Lipinski definition) is 3. The van der Waals surface area contributed by atoms with Crippen molar-refractivity contribution in [2.45, 2.75) is 13.0 Å². The number of halogens is 1. The van der Waals surface area contributed by atoms with Gasteiger partial charge in [0.05, 0.1) is 19.3 Å². The van der Waals surface area contributed by atoms with Crippen molar-refractivity contribution in [3.05, 3.63) is 35.1 Å². The Kier molecular flexibility index (Phi) is 3.80. The standard InChI is InChI=1S/C13H14FNO4/c1-7-2-8(4-9(14)3-7)12(16)15-11-6-19-5-10(11)13(17)18/h2-4,10-11H,5-6H2,1H3,(H,15,16)(H,17,18). The fourth-order valence-corrected chi connectivity index (χ4v) is 2.06. The van der Waals surface area contributed by atoms with Crippen LogP contribution in [0.3, 0.4) is 0 Å². The van der Waals surface area contributed by atoms with Gasteiger partial charge < -0.3 is 15.2 Å². The van der Waals surface area contributed by atoms with Crippen molar-refractivity contribution in [1.29, 1.82) is 0 Å². The third-order valence-electron chi connectivity index (χ3n) is 3.02. The number of aliphatic carboxylic acids is 1. The van der Waals surface area contributed by atoms with Crippen molar-refractivity contribution in [3.63, 3.8) is 0 Å². The summed E-state index contributed by atoms with van der Waals surface area (Å²) in [6.07, 6.45) is 0. The molecule has 1 aromatic carbocycles. The fourth-order valence-electron chi connectivity index (χ4n) is 2.06. The van der Waals surface area contributed by atoms with Gasteiger partial charge >= 0.3 is 5.97 Å². The molecule has 1 aliphatic rings. The zero-order valence-electron chi connectivity index (χ0n) is 10.4. The molecule has 2 atom stereocenters. The Morgan fingerprint density at radius 3 is 2.74 bits per heavy atom. The molecule has 2 rings (SSSR count). The SMILES string of the molecule is Cc1cc(F)cc(C(=O)NC2COCC2C(=O)O)c1. The van der Waals surface area contributed by atoms with Crippen molar-refractivity contribution in [2.24, 2.45) is 5.92 Å². The molecular formula is C13H14FNO4. The molecule has 6 heteroatoms. The van der Waals surface area contributed by atoms with Crippen molar-refractivity contribution >= 4 is 11.9 Å². The average molecular weight is 267 g/mol. The molecule has 0 aromatic heterocycles. The third kappa shape index (κ3) is 3.08. The first kappa shape index (κ1) is 13.5. The van der Waals surface area contributed by atoms with Crippen LogP contribution in [-0.2, 0) is 9.53 Å². The lowest BCUT2D eigenvalue weighted by atomic mass is 10.0. The number of rotatable bonds is 3. The van der Waals surface area contributed by atoms with E-state index in [1.54, 1.807) is 13.0 Å². The molecule has 2 unspecified atom stereocenters. The first-order valence-corrected chi connectivity index (χ1v) is 5.86. The van der Waals surface area contributed by atoms with Gasteiger partial charge in [-0.05, 0) is 30.7 Å². The van der Waals surface area contributed by atoms with E-state index in [0.29, 0.717) is 5.56 Å². The molecule has 102 valence electrons. The monoisotopic (exact) mass is 267 g/mol. The van der Waals surface area contributed by atoms with E-state index in [2.05, 4.69) is 5.32 Å². The maximum atomic E-state index is 13.2. The van der Waals surface area contributed by atoms with Gasteiger partial charge in [-0.3, -0.25) is 9.59 Å². The predicted molar refractivity (Wildman–Crippen MR) is 64.3 cm³/mol. The van der Waals surface area contributed by atoms with Gasteiger partial charge in [-0.15, -0.1) is 0 Å². The summed E-state index contributed by atoms with van der Waals surface area (Å²) in [6, 6.07) is 3.39. The Labute approximate surface area is 109 Å². The van der Waals surface area contributed by atoms with Crippen LogP contribution in [0.15, 0.2) is 18.2 Å². The van der Waals surface area contributed by atoms with Gasteiger partial charge in [0.1, 0.15) is 11.7 Å². The van der Waals surface area contributed by atoms with E-state index in [0.717, 1.165) is 6.07 Å². The molecule has 1 amide bonds. The topological polar surface area (TPSA) is 75.6 Å². The Balaban J connectivity index is 2.10. The molecule has 1 saturated heterocycles. The van der Waals surface area contributed by atoms with Crippen LogP contribution < -0.4 is 5.32 Å². The van der Waals surface area contributed by atoms with Crippen LogP contribution in [0.5, 0.6) is 0 Å². The Bertz CT molecular complexity index is 497. The molecule has 2 N–H and O–H groups in total. The lowest BCUT2D eigenvalue weighted by molar-refractivity contribution is -0.142. The number of ether oxygens (including phenoxy) is 1. The smallest absolute Gasteiger partial charge is 0.311 e. The minimum Gasteiger partial charge on any atom is -0.481 e. The number of benzene rings is 1. The summed E-state index contributed by atoms with van der Waals surface area (Å²) >= 11 is 0. The van der Waals surface area contributed by atoms with Crippen molar-refractivity contribution in [1.82, 2.24) is 5.32 Å². The number of nitrogens with one attached hydrogen (secondary N) is 1. The Hall–Kier alpha value is -1.95. The number of aryl methyl sites for hydroxylation is 1. The zero-order valence-corrected chi connectivity index (χ0v) is 10.4. The normalized spacial score (nSPS) is 22.2. The van der Waals surface area contributed by atoms with Crippen LogP contribution in [0, 0.1) is 18.7 Å². The fraction of sp³-hybridized carbons (Fsp3) is 0.385. The van der Waals surface area contributed by atoms with E-state index in [4.69, 9.17) is 9.84 Å². The lowest BCUT2D eigenvalue weighted by Crippen LogP contribution is -2.42. The van der Waals surface area contributed by atoms with Gasteiger partial charge in [0.2, 0.25) is 0 Å². The molecule has 0 bridgehead atoms. The van der Waals surface area contributed by atoms with Crippen LogP contribution in [0.2, 0.25) is 0 Å². The van der Waals surface area contributed by atoms with E-state index in [9.17, 15) is 14.0 Å². The quantitative estimate of drug-likeness (QED) is 0.855. The molecular weight excluding hydrogens is 253 g/mol. The highest BCUT2D eigenvalue weighted by molar-refractivity contribution is 5.95. The molecule has 1 aliphatic heterocycles. The predicted octanol–water partition coefficient (Wildman–Crippen LogP) is 0.964. The van der Waals surface area contributed by atoms with Crippen LogP contribution in [0.1, 0.15) is 15.9 Å². The Morgan fingerprint density at radius 1 is 1.37 bits per heavy atom. The van der Waals surface area contributed by atoms with E-state index < -0.39 is 29.7 Å². The van der Waals surface area contributed by atoms with E-state index in [1.165, 1.54) is 6.07 Å². The van der Waals surface area contributed by atoms with Gasteiger partial charge in [-0.2, -0.15) is 0 Å². The maximum Gasteiger partial charge on any atom is 0.311 e. The molecule has 1 heterocycles. The molecule has 1 fully saturated rings. The molecule has 0 aliphatic carbocycles. The average Bonchev–Trinajstić information content (AvgIpc) is 2.75. The number of amides is 1. The van der Waals surface area contributed by atoms with Gasteiger partial charge in [0.25, 0.3) is 5.91 Å². The summed E-state index contributed by atoms with van der Waals surface area (Å²) in [5.74, 6) is -2.77. The molecule has 0 radical (unpaired) electrons. The molecule has 19 heavy (non-hydrogen) atoms. The van der Waals surface area contributed by atoms with Crippen LogP contribution in [0.4, 0.5) is 4.39 Å². The van der Waals surface area contributed by atoms with E-state index in [1.807, 2.05) is 0 Å². The van der Waals surface area contributed by atoms with Crippen LogP contribution in [0.25, 0.3) is 0 Å². The number of hydrogen-bond donors (Lipinski definition) is 2. The van der Waals surface area contributed by atoms with Crippen molar-refractivity contribution in [3.8, 4) is 0 Å². The molecule has 1 aromatic rings. The minimum atomic E-state index is -1.02. The second-order valence-corrected chi connectivity index (χ2v) is 4.58. The van der Waals surface area contributed by atoms with E-state index >= 15 is 0 Å². The summed E-state index contributed by atoms with van der Waals surface area (Å²) < 4.78 is 18.3. The second kappa shape index (κ2) is 5.36. The van der Waals surface area contributed by atoms with Gasteiger partial charge in [-0.1, -0.05) is 0 Å². The van der Waals surface area contributed by atoms with Crippen LogP contribution >= 0.6 is 0 Å². The molecule has 5 nitrogen and oxygen atoms in total. The summed E-state index contributed by atoms with van der Waals surface area (Å²) in [6.45, 7) is 1.90. The first-order chi connectivity index (χ1) is 8.97. The number of carbonyl (C=O) groups excluding carboxylic acids is 1. The summed E-state index contributed by atoms with van der Waals surface area (Å²) in [5, 5.41) is 11.5. The first-order valence-electron chi connectivity index (χ1n) is 5.86. The van der Waals surface area contributed by atoms with Crippen LogP contribution in [-0.4, -0.2) is 36.2 Å². The lowest BCUT2D eigenvalue weighted by Gasteiger charge is -2.15. The highest BCUT2D eigenvalue weighted by Crippen LogP contribution is 2.15. The van der Waals surface area contributed by atoms with Gasteiger partial charge in [0, 0.05) is 5.56 Å². The maximum absolute atomic E-state index is 13.2. The molecule has 0 saturated carbocycles. The largest absolute Gasteiger partial charge is 0.481 e.